The number of aliphatic hydroxyl groups is 1. The van der Waals surface area contributed by atoms with Gasteiger partial charge in [0.05, 0.1) is 12.7 Å². The molecule has 96 valence electrons. The van der Waals surface area contributed by atoms with E-state index in [1.54, 1.807) is 0 Å². The molecule has 0 amide bonds. The first kappa shape index (κ1) is 14.2. The maximum absolute atomic E-state index is 9.54. The highest BCUT2D eigenvalue weighted by molar-refractivity contribution is 5.25. The molecule has 0 fully saturated rings. The van der Waals surface area contributed by atoms with Crippen molar-refractivity contribution in [3.05, 3.63) is 35.4 Å². The van der Waals surface area contributed by atoms with Crippen molar-refractivity contribution in [3.8, 4) is 0 Å². The van der Waals surface area contributed by atoms with E-state index in [0.717, 1.165) is 13.0 Å². The number of hydrogen-bond donors (Lipinski definition) is 2. The first-order valence-corrected chi connectivity index (χ1v) is 6.25. The summed E-state index contributed by atoms with van der Waals surface area (Å²) in [5.74, 6) is 0. The first-order chi connectivity index (χ1) is 8.24. The monoisotopic (exact) mass is 237 g/mol. The molecule has 1 aromatic rings. The Morgan fingerprint density at radius 2 is 2.12 bits per heavy atom. The summed E-state index contributed by atoms with van der Waals surface area (Å²) in [6.45, 7) is 6.59. The summed E-state index contributed by atoms with van der Waals surface area (Å²) in [6, 6.07) is 8.39. The van der Waals surface area contributed by atoms with Gasteiger partial charge in [0.15, 0.2) is 0 Å². The minimum Gasteiger partial charge on any atom is -0.389 e. The molecule has 0 bridgehead atoms. The Kier molecular flexibility index (Phi) is 6.86. The van der Waals surface area contributed by atoms with Crippen LogP contribution in [0.25, 0.3) is 0 Å². The van der Waals surface area contributed by atoms with Crippen LogP contribution in [-0.4, -0.2) is 37.5 Å². The van der Waals surface area contributed by atoms with Crippen LogP contribution in [0.4, 0.5) is 0 Å². The van der Waals surface area contributed by atoms with Crippen molar-refractivity contribution in [2.45, 2.75) is 26.4 Å². The summed E-state index contributed by atoms with van der Waals surface area (Å²) in [5.41, 5.74) is 2.68. The minimum atomic E-state index is -0.410. The lowest BCUT2D eigenvalue weighted by Gasteiger charge is -2.12. The number of aliphatic hydroxyl groups excluding tert-OH is 1. The SMILES string of the molecule is CCOCC(O)CNCCc1ccccc1C. The van der Waals surface area contributed by atoms with Crippen LogP contribution in [0.15, 0.2) is 24.3 Å². The van der Waals surface area contributed by atoms with Crippen LogP contribution in [-0.2, 0) is 11.2 Å². The largest absolute Gasteiger partial charge is 0.389 e. The van der Waals surface area contributed by atoms with Crippen molar-refractivity contribution in [1.29, 1.82) is 0 Å². The predicted molar refractivity (Wildman–Crippen MR) is 70.3 cm³/mol. The number of hydrogen-bond acceptors (Lipinski definition) is 3. The van der Waals surface area contributed by atoms with Gasteiger partial charge in [0.25, 0.3) is 0 Å². The molecule has 0 saturated carbocycles. The van der Waals surface area contributed by atoms with Gasteiger partial charge >= 0.3 is 0 Å². The number of aryl methyl sites for hydroxylation is 1. The number of nitrogens with one attached hydrogen (secondary N) is 1. The van der Waals surface area contributed by atoms with Crippen LogP contribution in [0, 0.1) is 6.92 Å². The Hall–Kier alpha value is -0.900. The molecule has 3 nitrogen and oxygen atoms in total. The first-order valence-electron chi connectivity index (χ1n) is 6.25. The topological polar surface area (TPSA) is 41.5 Å². The Bertz CT molecular complexity index is 315. The van der Waals surface area contributed by atoms with Gasteiger partial charge in [-0.1, -0.05) is 24.3 Å². The predicted octanol–water partition coefficient (Wildman–Crippen LogP) is 1.52. The Labute approximate surface area is 104 Å². The molecule has 0 heterocycles. The summed E-state index contributed by atoms with van der Waals surface area (Å²) in [5, 5.41) is 12.8. The molecular weight excluding hydrogens is 214 g/mol. The van der Waals surface area contributed by atoms with Gasteiger partial charge in [0.1, 0.15) is 0 Å². The van der Waals surface area contributed by atoms with E-state index in [-0.39, 0.29) is 0 Å². The molecule has 0 saturated heterocycles. The zero-order valence-electron chi connectivity index (χ0n) is 10.8. The standard InChI is InChI=1S/C14H23NO2/c1-3-17-11-14(16)10-15-9-8-13-7-5-4-6-12(13)2/h4-7,14-16H,3,8-11H2,1-2H3. The van der Waals surface area contributed by atoms with Gasteiger partial charge in [0.2, 0.25) is 0 Å². The maximum Gasteiger partial charge on any atom is 0.0897 e. The van der Waals surface area contributed by atoms with Crippen molar-refractivity contribution in [2.75, 3.05) is 26.3 Å². The van der Waals surface area contributed by atoms with Crippen LogP contribution in [0.3, 0.4) is 0 Å². The van der Waals surface area contributed by atoms with E-state index < -0.39 is 6.10 Å². The van der Waals surface area contributed by atoms with Crippen molar-refractivity contribution in [1.82, 2.24) is 5.32 Å². The maximum atomic E-state index is 9.54. The minimum absolute atomic E-state index is 0.410. The Morgan fingerprint density at radius 3 is 2.82 bits per heavy atom. The van der Waals surface area contributed by atoms with E-state index in [2.05, 4.69) is 36.5 Å². The van der Waals surface area contributed by atoms with Gasteiger partial charge in [0, 0.05) is 13.2 Å². The van der Waals surface area contributed by atoms with Crippen molar-refractivity contribution in [2.24, 2.45) is 0 Å². The van der Waals surface area contributed by atoms with E-state index in [1.165, 1.54) is 11.1 Å². The zero-order valence-corrected chi connectivity index (χ0v) is 10.8. The number of benzene rings is 1. The molecule has 17 heavy (non-hydrogen) atoms. The van der Waals surface area contributed by atoms with Crippen LogP contribution in [0.5, 0.6) is 0 Å². The van der Waals surface area contributed by atoms with Crippen LogP contribution in [0.2, 0.25) is 0 Å². The molecule has 1 unspecified atom stereocenters. The Balaban J connectivity index is 2.14. The quantitative estimate of drug-likeness (QED) is 0.674. The molecule has 0 aliphatic rings. The third-order valence-corrected chi connectivity index (χ3v) is 2.73. The highest BCUT2D eigenvalue weighted by atomic mass is 16.5. The van der Waals surface area contributed by atoms with Gasteiger partial charge in [-0.3, -0.25) is 0 Å². The highest BCUT2D eigenvalue weighted by Gasteiger charge is 2.03. The molecule has 1 aromatic carbocycles. The second kappa shape index (κ2) is 8.23. The summed E-state index contributed by atoms with van der Waals surface area (Å²) in [7, 11) is 0. The average Bonchev–Trinajstić information content (AvgIpc) is 2.34. The van der Waals surface area contributed by atoms with Crippen molar-refractivity contribution >= 4 is 0 Å². The molecule has 0 radical (unpaired) electrons. The van der Waals surface area contributed by atoms with E-state index in [9.17, 15) is 5.11 Å². The summed E-state index contributed by atoms with van der Waals surface area (Å²) < 4.78 is 5.14. The summed E-state index contributed by atoms with van der Waals surface area (Å²) in [4.78, 5) is 0. The van der Waals surface area contributed by atoms with Gasteiger partial charge in [-0.2, -0.15) is 0 Å². The number of ether oxygens (including phenoxy) is 1. The second-order valence-electron chi connectivity index (χ2n) is 4.19. The van der Waals surface area contributed by atoms with Gasteiger partial charge in [-0.25, -0.2) is 0 Å². The molecule has 3 heteroatoms. The fourth-order valence-electron chi connectivity index (χ4n) is 1.70. The molecule has 2 N–H and O–H groups in total. The summed E-state index contributed by atoms with van der Waals surface area (Å²) >= 11 is 0. The lowest BCUT2D eigenvalue weighted by atomic mass is 10.1. The second-order valence-corrected chi connectivity index (χ2v) is 4.19. The fraction of sp³-hybridized carbons (Fsp3) is 0.571. The van der Waals surface area contributed by atoms with E-state index in [0.29, 0.717) is 19.8 Å². The molecular formula is C14H23NO2. The number of rotatable bonds is 8. The molecule has 0 aliphatic carbocycles. The lowest BCUT2D eigenvalue weighted by molar-refractivity contribution is 0.0430. The molecule has 1 atom stereocenters. The summed E-state index contributed by atoms with van der Waals surface area (Å²) in [6.07, 6.45) is 0.584. The van der Waals surface area contributed by atoms with Gasteiger partial charge < -0.3 is 15.2 Å². The molecule has 1 rings (SSSR count). The van der Waals surface area contributed by atoms with Gasteiger partial charge in [-0.15, -0.1) is 0 Å². The van der Waals surface area contributed by atoms with E-state index >= 15 is 0 Å². The van der Waals surface area contributed by atoms with Crippen LogP contribution < -0.4 is 5.32 Å². The van der Waals surface area contributed by atoms with E-state index in [4.69, 9.17) is 4.74 Å². The van der Waals surface area contributed by atoms with Gasteiger partial charge in [-0.05, 0) is 37.9 Å². The fourth-order valence-corrected chi connectivity index (χ4v) is 1.70. The zero-order chi connectivity index (χ0) is 12.5. The lowest BCUT2D eigenvalue weighted by Crippen LogP contribution is -2.31. The van der Waals surface area contributed by atoms with Crippen LogP contribution >= 0.6 is 0 Å². The van der Waals surface area contributed by atoms with Crippen molar-refractivity contribution in [3.63, 3.8) is 0 Å². The average molecular weight is 237 g/mol. The molecule has 0 aliphatic heterocycles. The van der Waals surface area contributed by atoms with E-state index in [1.807, 2.05) is 6.92 Å². The van der Waals surface area contributed by atoms with Crippen molar-refractivity contribution < 1.29 is 9.84 Å². The molecule has 0 aromatic heterocycles. The highest BCUT2D eigenvalue weighted by Crippen LogP contribution is 2.06. The molecule has 0 spiro atoms. The van der Waals surface area contributed by atoms with Crippen LogP contribution in [0.1, 0.15) is 18.1 Å². The third-order valence-electron chi connectivity index (χ3n) is 2.73. The normalized spacial score (nSPS) is 12.6. The third kappa shape index (κ3) is 5.82. The Morgan fingerprint density at radius 1 is 1.35 bits per heavy atom. The smallest absolute Gasteiger partial charge is 0.0897 e.